The maximum atomic E-state index is 13.3. The van der Waals surface area contributed by atoms with Gasteiger partial charge in [-0.2, -0.15) is 13.2 Å². The van der Waals surface area contributed by atoms with Crippen molar-refractivity contribution in [3.8, 4) is 6.01 Å². The molecule has 7 nitrogen and oxygen atoms in total. The standard InChI is InChI=1S/C18H11ClF3N3O4/c19-14-7-2-1-6-13(14)17(11-4-3-5-12(10-11)18(20,21)22)15(28-17)24-9-8-23-16(24)29-25(26)27/h1-10,15H. The van der Waals surface area contributed by atoms with Crippen molar-refractivity contribution < 1.29 is 27.8 Å². The zero-order valence-electron chi connectivity index (χ0n) is 14.3. The number of halogens is 4. The van der Waals surface area contributed by atoms with Crippen LogP contribution >= 0.6 is 11.6 Å². The summed E-state index contributed by atoms with van der Waals surface area (Å²) in [7, 11) is 0. The predicted octanol–water partition coefficient (Wildman–Crippen LogP) is 4.60. The Hall–Kier alpha value is -3.11. The van der Waals surface area contributed by atoms with E-state index in [9.17, 15) is 23.3 Å². The highest BCUT2D eigenvalue weighted by molar-refractivity contribution is 6.31. The van der Waals surface area contributed by atoms with Crippen molar-refractivity contribution in [2.45, 2.75) is 18.0 Å². The summed E-state index contributed by atoms with van der Waals surface area (Å²) in [6, 6.07) is 10.8. The molecule has 29 heavy (non-hydrogen) atoms. The Morgan fingerprint density at radius 2 is 2.00 bits per heavy atom. The van der Waals surface area contributed by atoms with Gasteiger partial charge in [0.25, 0.3) is 6.01 Å². The molecule has 1 aromatic heterocycles. The van der Waals surface area contributed by atoms with Crippen LogP contribution in [0.2, 0.25) is 5.02 Å². The summed E-state index contributed by atoms with van der Waals surface area (Å²) < 4.78 is 46.9. The first-order valence-corrected chi connectivity index (χ1v) is 8.57. The molecule has 1 saturated heterocycles. The van der Waals surface area contributed by atoms with Crippen molar-refractivity contribution in [2.24, 2.45) is 0 Å². The molecule has 11 heteroatoms. The van der Waals surface area contributed by atoms with Gasteiger partial charge < -0.3 is 4.74 Å². The molecule has 2 atom stereocenters. The van der Waals surface area contributed by atoms with Gasteiger partial charge in [0.1, 0.15) is 0 Å². The Morgan fingerprint density at radius 3 is 2.69 bits per heavy atom. The van der Waals surface area contributed by atoms with Crippen LogP contribution in [0, 0.1) is 10.1 Å². The maximum Gasteiger partial charge on any atom is 0.416 e. The van der Waals surface area contributed by atoms with E-state index in [1.807, 2.05) is 0 Å². The predicted molar refractivity (Wildman–Crippen MR) is 93.6 cm³/mol. The zero-order valence-corrected chi connectivity index (χ0v) is 15.1. The Labute approximate surface area is 166 Å². The number of hydrogen-bond acceptors (Lipinski definition) is 5. The minimum absolute atomic E-state index is 0.186. The first kappa shape index (κ1) is 19.2. The van der Waals surface area contributed by atoms with Crippen LogP contribution in [0.4, 0.5) is 13.2 Å². The fourth-order valence-corrected chi connectivity index (χ4v) is 3.54. The molecule has 2 unspecified atom stereocenters. The molecule has 0 radical (unpaired) electrons. The monoisotopic (exact) mass is 425 g/mol. The molecule has 0 spiro atoms. The number of ether oxygens (including phenoxy) is 1. The average Bonchev–Trinajstić information content (AvgIpc) is 3.25. The summed E-state index contributed by atoms with van der Waals surface area (Å²) in [6.45, 7) is 0. The van der Waals surface area contributed by atoms with Gasteiger partial charge in [0.05, 0.1) is 5.56 Å². The average molecular weight is 426 g/mol. The number of epoxide rings is 1. The number of nitrogens with zero attached hydrogens (tertiary/aromatic N) is 3. The zero-order chi connectivity index (χ0) is 20.8. The Bertz CT molecular complexity index is 1090. The fourth-order valence-electron chi connectivity index (χ4n) is 3.26. The normalized spacial score (nSPS) is 21.0. The van der Waals surface area contributed by atoms with Crippen molar-refractivity contribution in [3.63, 3.8) is 0 Å². The molecule has 4 rings (SSSR count). The van der Waals surface area contributed by atoms with Gasteiger partial charge in [0.2, 0.25) is 0 Å². The van der Waals surface area contributed by atoms with Crippen LogP contribution in [-0.4, -0.2) is 14.6 Å². The van der Waals surface area contributed by atoms with Gasteiger partial charge >= 0.3 is 11.3 Å². The SMILES string of the molecule is O=[N+]([O-])Oc1nccn1C1OC1(c1cccc(C(F)(F)F)c1)c1ccccc1Cl. The van der Waals surface area contributed by atoms with E-state index in [0.29, 0.717) is 5.56 Å². The molecule has 0 saturated carbocycles. The number of aromatic nitrogens is 2. The largest absolute Gasteiger partial charge is 0.416 e. The molecule has 0 aliphatic carbocycles. The lowest BCUT2D eigenvalue weighted by atomic mass is 9.89. The molecule has 0 bridgehead atoms. The molecule has 0 N–H and O–H groups in total. The molecule has 1 aliphatic heterocycles. The number of rotatable bonds is 5. The fraction of sp³-hybridized carbons (Fsp3) is 0.167. The van der Waals surface area contributed by atoms with Gasteiger partial charge in [-0.15, -0.1) is 10.1 Å². The van der Waals surface area contributed by atoms with Crippen LogP contribution in [0.5, 0.6) is 6.01 Å². The van der Waals surface area contributed by atoms with Crippen molar-refractivity contribution in [2.75, 3.05) is 0 Å². The van der Waals surface area contributed by atoms with Gasteiger partial charge in [0.15, 0.2) is 11.8 Å². The van der Waals surface area contributed by atoms with Crippen molar-refractivity contribution in [1.82, 2.24) is 9.55 Å². The second kappa shape index (κ2) is 6.75. The third kappa shape index (κ3) is 3.30. The number of alkyl halides is 3. The van der Waals surface area contributed by atoms with Crippen LogP contribution < -0.4 is 4.84 Å². The lowest BCUT2D eigenvalue weighted by Gasteiger charge is -2.18. The summed E-state index contributed by atoms with van der Waals surface area (Å²) in [4.78, 5) is 18.9. The van der Waals surface area contributed by atoms with Gasteiger partial charge in [-0.05, 0) is 23.8 Å². The highest BCUT2D eigenvalue weighted by atomic mass is 35.5. The smallest absolute Gasteiger partial charge is 0.333 e. The molecule has 1 aliphatic rings. The summed E-state index contributed by atoms with van der Waals surface area (Å²) >= 11 is 6.31. The number of imidazole rings is 1. The van der Waals surface area contributed by atoms with Gasteiger partial charge in [-0.3, -0.25) is 4.57 Å². The van der Waals surface area contributed by atoms with Crippen LogP contribution in [0.3, 0.4) is 0 Å². The van der Waals surface area contributed by atoms with E-state index in [4.69, 9.17) is 16.3 Å². The van der Waals surface area contributed by atoms with E-state index >= 15 is 0 Å². The second-order valence-corrected chi connectivity index (χ2v) is 6.60. The van der Waals surface area contributed by atoms with E-state index < -0.39 is 28.7 Å². The molecular formula is C18H11ClF3N3O4. The summed E-state index contributed by atoms with van der Waals surface area (Å²) in [5.41, 5.74) is -1.67. The Kier molecular flexibility index (Phi) is 4.47. The second-order valence-electron chi connectivity index (χ2n) is 6.20. The molecule has 150 valence electrons. The summed E-state index contributed by atoms with van der Waals surface area (Å²) in [5.74, 6) is 0. The molecule has 2 heterocycles. The van der Waals surface area contributed by atoms with E-state index in [0.717, 1.165) is 12.1 Å². The number of benzene rings is 2. The van der Waals surface area contributed by atoms with Gasteiger partial charge in [-0.25, -0.2) is 9.82 Å². The summed E-state index contributed by atoms with van der Waals surface area (Å²) in [5, 5.41) is 9.94. The lowest BCUT2D eigenvalue weighted by molar-refractivity contribution is -0.713. The molecule has 0 amide bonds. The molecule has 2 aromatic carbocycles. The van der Waals surface area contributed by atoms with Gasteiger partial charge in [0, 0.05) is 23.0 Å². The van der Waals surface area contributed by atoms with Crippen molar-refractivity contribution in [3.05, 3.63) is 92.8 Å². The highest BCUT2D eigenvalue weighted by Crippen LogP contribution is 2.61. The number of hydrogen-bond donors (Lipinski definition) is 0. The molecular weight excluding hydrogens is 415 g/mol. The topological polar surface area (TPSA) is 82.7 Å². The Balaban J connectivity index is 1.86. The van der Waals surface area contributed by atoms with Crippen LogP contribution in [0.25, 0.3) is 0 Å². The minimum atomic E-state index is -4.56. The van der Waals surface area contributed by atoms with E-state index in [1.54, 1.807) is 24.3 Å². The van der Waals surface area contributed by atoms with Crippen LogP contribution in [0.1, 0.15) is 22.9 Å². The molecule has 1 fully saturated rings. The highest BCUT2D eigenvalue weighted by Gasteiger charge is 2.62. The first-order valence-electron chi connectivity index (χ1n) is 8.19. The summed E-state index contributed by atoms with van der Waals surface area (Å²) in [6.07, 6.45) is -2.89. The van der Waals surface area contributed by atoms with Gasteiger partial charge in [-0.1, -0.05) is 41.9 Å². The lowest BCUT2D eigenvalue weighted by Crippen LogP contribution is -2.18. The third-order valence-electron chi connectivity index (χ3n) is 4.52. The van der Waals surface area contributed by atoms with E-state index in [2.05, 4.69) is 9.82 Å². The minimum Gasteiger partial charge on any atom is -0.333 e. The Morgan fingerprint density at radius 1 is 1.24 bits per heavy atom. The van der Waals surface area contributed by atoms with Crippen molar-refractivity contribution in [1.29, 1.82) is 0 Å². The third-order valence-corrected chi connectivity index (χ3v) is 4.85. The van der Waals surface area contributed by atoms with E-state index in [-0.39, 0.29) is 16.6 Å². The van der Waals surface area contributed by atoms with E-state index in [1.165, 1.54) is 29.1 Å². The van der Waals surface area contributed by atoms with Crippen molar-refractivity contribution >= 4 is 11.6 Å². The van der Waals surface area contributed by atoms with Crippen LogP contribution in [0.15, 0.2) is 60.9 Å². The first-order chi connectivity index (χ1) is 13.7. The molecule has 3 aromatic rings. The van der Waals surface area contributed by atoms with Crippen LogP contribution in [-0.2, 0) is 16.5 Å². The quantitative estimate of drug-likeness (QED) is 0.339. The maximum absolute atomic E-state index is 13.3.